The lowest BCUT2D eigenvalue weighted by Gasteiger charge is -2.52. The van der Waals surface area contributed by atoms with Crippen LogP contribution in [0.2, 0.25) is 0 Å². The maximum atomic E-state index is 14.0. The van der Waals surface area contributed by atoms with Gasteiger partial charge in [-0.3, -0.25) is 19.2 Å². The highest BCUT2D eigenvalue weighted by Crippen LogP contribution is 2.44. The van der Waals surface area contributed by atoms with Crippen molar-refractivity contribution in [1.82, 2.24) is 15.5 Å². The van der Waals surface area contributed by atoms with Crippen LogP contribution in [0.4, 0.5) is 0 Å². The molecule has 39 heavy (non-hydrogen) atoms. The van der Waals surface area contributed by atoms with Gasteiger partial charge in [-0.25, -0.2) is 0 Å². The Labute approximate surface area is 237 Å². The number of nitrogens with one attached hydrogen (secondary N) is 2. The van der Waals surface area contributed by atoms with Gasteiger partial charge in [0.2, 0.25) is 18.1 Å². The highest BCUT2D eigenvalue weighted by atomic mass is 16.2. The van der Waals surface area contributed by atoms with Crippen LogP contribution in [0.5, 0.6) is 0 Å². The second-order valence-corrected chi connectivity index (χ2v) is 10.1. The number of likely N-dealkylation sites (tertiary alicyclic amines) is 1. The monoisotopic (exact) mass is 554 g/mol. The van der Waals surface area contributed by atoms with Gasteiger partial charge in [-0.1, -0.05) is 66.4 Å². The molecule has 0 spiro atoms. The maximum absolute atomic E-state index is 14.0. The summed E-state index contributed by atoms with van der Waals surface area (Å²) in [6.07, 6.45) is 11.7. The van der Waals surface area contributed by atoms with Crippen molar-refractivity contribution < 1.29 is 24.3 Å². The van der Waals surface area contributed by atoms with E-state index in [1.165, 1.54) is 19.3 Å². The smallest absolute Gasteiger partial charge is 0.287 e. The molecule has 2 rings (SSSR count). The van der Waals surface area contributed by atoms with Gasteiger partial charge in [0.15, 0.2) is 0 Å². The van der Waals surface area contributed by atoms with Gasteiger partial charge in [0.1, 0.15) is 0 Å². The number of likely N-dealkylation sites (N-methyl/N-ethyl adjacent to an activating group) is 1. The van der Waals surface area contributed by atoms with Crippen molar-refractivity contribution >= 4 is 24.0 Å². The summed E-state index contributed by atoms with van der Waals surface area (Å²) in [5.41, 5.74) is 3.98. The molecular formula is C30H58N4O5. The molecule has 4 unspecified atom stereocenters. The number of hydrogen-bond acceptors (Lipinski definition) is 6. The fourth-order valence-corrected chi connectivity index (χ4v) is 6.02. The molecule has 2 fully saturated rings. The second kappa shape index (κ2) is 22.5. The fraction of sp³-hybridized carbons (Fsp3) is 0.800. The molecule has 1 aliphatic carbocycles. The molecule has 228 valence electrons. The molecule has 0 aromatic carbocycles. The highest BCUT2D eigenvalue weighted by molar-refractivity contribution is 6.37. The van der Waals surface area contributed by atoms with E-state index >= 15 is 0 Å². The number of primary amides is 1. The van der Waals surface area contributed by atoms with Gasteiger partial charge >= 0.3 is 0 Å². The number of aliphatic hydroxyl groups is 1. The van der Waals surface area contributed by atoms with Crippen molar-refractivity contribution in [2.24, 2.45) is 23.0 Å². The number of hydrogen-bond donors (Lipinski definition) is 4. The van der Waals surface area contributed by atoms with E-state index in [-0.39, 0.29) is 36.4 Å². The summed E-state index contributed by atoms with van der Waals surface area (Å²) >= 11 is 0. The number of ketones is 1. The van der Waals surface area contributed by atoms with Crippen LogP contribution in [0.25, 0.3) is 0 Å². The van der Waals surface area contributed by atoms with E-state index < -0.39 is 17.6 Å². The molecule has 1 saturated carbocycles. The number of carbonyl (C=O) groups excluding carboxylic acids is 4. The van der Waals surface area contributed by atoms with Crippen molar-refractivity contribution in [2.75, 3.05) is 27.2 Å². The first-order valence-corrected chi connectivity index (χ1v) is 14.8. The summed E-state index contributed by atoms with van der Waals surface area (Å²) in [6.45, 7) is 14.9. The SMILES string of the molecule is C=CCNC(=O)C(=O)C(CCC)C1N(C(=O)C(NC)C2CCCCC2)CCCC1(C)CC.CC.CO.NC=O. The van der Waals surface area contributed by atoms with Gasteiger partial charge in [0.05, 0.1) is 6.04 Å². The standard InChI is InChI=1S/C26H45N3O3.C2H6.CH3NO.CH4O/c1-6-13-20(22(30)24(31)28-17-7-2)23-26(4,8-3)16-12-18-29(23)25(32)21(27-5)19-14-10-9-11-15-19;1-2;2-1-3;1-2/h7,19-21,23,27H,2,6,8-18H2,1,3-5H3,(H,28,31);1-2H3;1H,(H2,2,3);2H,1H3. The molecule has 1 aliphatic heterocycles. The minimum atomic E-state index is -0.558. The zero-order valence-corrected chi connectivity index (χ0v) is 25.8. The first kappa shape index (κ1) is 38.9. The van der Waals surface area contributed by atoms with Crippen molar-refractivity contribution in [1.29, 1.82) is 0 Å². The van der Waals surface area contributed by atoms with E-state index in [1.807, 2.05) is 32.7 Å². The third kappa shape index (κ3) is 11.8. The Bertz CT molecular complexity index is 711. The van der Waals surface area contributed by atoms with Crippen molar-refractivity contribution in [3.8, 4) is 0 Å². The van der Waals surface area contributed by atoms with E-state index in [9.17, 15) is 14.4 Å². The van der Waals surface area contributed by atoms with Crippen molar-refractivity contribution in [2.45, 2.75) is 111 Å². The summed E-state index contributed by atoms with van der Waals surface area (Å²) in [4.78, 5) is 50.5. The first-order valence-electron chi connectivity index (χ1n) is 14.8. The topological polar surface area (TPSA) is 142 Å². The summed E-state index contributed by atoms with van der Waals surface area (Å²) in [5, 5.41) is 13.0. The summed E-state index contributed by atoms with van der Waals surface area (Å²) < 4.78 is 0. The fourth-order valence-electron chi connectivity index (χ4n) is 6.02. The molecule has 0 radical (unpaired) electrons. The molecule has 1 saturated heterocycles. The van der Waals surface area contributed by atoms with Crippen molar-refractivity contribution in [3.63, 3.8) is 0 Å². The number of nitrogens with two attached hydrogens (primary N) is 1. The van der Waals surface area contributed by atoms with Crippen LogP contribution in [0.1, 0.15) is 98.8 Å². The Morgan fingerprint density at radius 2 is 1.69 bits per heavy atom. The number of carbonyl (C=O) groups is 4. The van der Waals surface area contributed by atoms with Gasteiger partial charge in [-0.05, 0) is 56.9 Å². The number of nitrogens with zero attached hydrogens (tertiary/aromatic N) is 1. The Hall–Kier alpha value is -2.26. The lowest BCUT2D eigenvalue weighted by molar-refractivity contribution is -0.152. The number of rotatable bonds is 11. The molecule has 4 atom stereocenters. The number of amides is 3. The molecule has 5 N–H and O–H groups in total. The van der Waals surface area contributed by atoms with Crippen molar-refractivity contribution in [3.05, 3.63) is 12.7 Å². The van der Waals surface area contributed by atoms with Crippen LogP contribution in [-0.4, -0.2) is 73.3 Å². The Morgan fingerprint density at radius 1 is 1.13 bits per heavy atom. The molecule has 0 bridgehead atoms. The Morgan fingerprint density at radius 3 is 2.15 bits per heavy atom. The summed E-state index contributed by atoms with van der Waals surface area (Å²) in [5.74, 6) is -0.978. The quantitative estimate of drug-likeness (QED) is 0.175. The second-order valence-electron chi connectivity index (χ2n) is 10.1. The number of piperidine rings is 1. The highest BCUT2D eigenvalue weighted by Gasteiger charge is 2.50. The van der Waals surface area contributed by atoms with Gasteiger partial charge in [-0.15, -0.1) is 6.58 Å². The molecular weight excluding hydrogens is 496 g/mol. The van der Waals surface area contributed by atoms with Crippen LogP contribution in [-0.2, 0) is 19.2 Å². The average Bonchev–Trinajstić information content (AvgIpc) is 2.97. The Balaban J connectivity index is 0. The van der Waals surface area contributed by atoms with Gasteiger partial charge in [0, 0.05) is 32.2 Å². The van der Waals surface area contributed by atoms with E-state index in [2.05, 4.69) is 36.8 Å². The van der Waals surface area contributed by atoms with Crippen LogP contribution in [0, 0.1) is 17.3 Å². The average molecular weight is 555 g/mol. The van der Waals surface area contributed by atoms with E-state index in [0.717, 1.165) is 45.6 Å². The first-order chi connectivity index (χ1) is 18.8. The predicted molar refractivity (Wildman–Crippen MR) is 159 cm³/mol. The van der Waals surface area contributed by atoms with Gasteiger partial charge < -0.3 is 26.4 Å². The third-order valence-corrected chi connectivity index (χ3v) is 7.93. The number of aliphatic hydroxyl groups excluding tert-OH is 1. The number of Topliss-reactive ketones (excluding diaryl/α,β-unsaturated/α-hetero) is 1. The van der Waals surface area contributed by atoms with Crippen LogP contribution >= 0.6 is 0 Å². The van der Waals surface area contributed by atoms with Crippen LogP contribution < -0.4 is 16.4 Å². The lowest BCUT2D eigenvalue weighted by Crippen LogP contribution is -2.63. The lowest BCUT2D eigenvalue weighted by atomic mass is 9.65. The van der Waals surface area contributed by atoms with Gasteiger partial charge in [0.25, 0.3) is 5.91 Å². The molecule has 9 heteroatoms. The zero-order valence-electron chi connectivity index (χ0n) is 25.8. The molecule has 0 aromatic heterocycles. The molecule has 0 aromatic rings. The maximum Gasteiger partial charge on any atom is 0.287 e. The summed E-state index contributed by atoms with van der Waals surface area (Å²) in [6, 6.07) is -0.473. The predicted octanol–water partition coefficient (Wildman–Crippen LogP) is 3.59. The zero-order chi connectivity index (χ0) is 30.4. The summed E-state index contributed by atoms with van der Waals surface area (Å²) in [7, 11) is 2.88. The van der Waals surface area contributed by atoms with E-state index in [4.69, 9.17) is 9.90 Å². The molecule has 9 nitrogen and oxygen atoms in total. The minimum absolute atomic E-state index is 0.115. The Kier molecular flexibility index (Phi) is 22.5. The van der Waals surface area contributed by atoms with E-state index in [0.29, 0.717) is 18.9 Å². The largest absolute Gasteiger partial charge is 0.400 e. The normalized spacial score (nSPS) is 22.2. The molecule has 1 heterocycles. The third-order valence-electron chi connectivity index (χ3n) is 7.93. The molecule has 2 aliphatic rings. The van der Waals surface area contributed by atoms with Crippen LogP contribution in [0.15, 0.2) is 12.7 Å². The van der Waals surface area contributed by atoms with E-state index in [1.54, 1.807) is 6.08 Å². The van der Waals surface area contributed by atoms with Crippen LogP contribution in [0.3, 0.4) is 0 Å². The molecule has 3 amide bonds. The minimum Gasteiger partial charge on any atom is -0.400 e. The van der Waals surface area contributed by atoms with Gasteiger partial charge in [-0.2, -0.15) is 0 Å².